The Morgan fingerprint density at radius 1 is 0.826 bits per heavy atom. The van der Waals surface area contributed by atoms with Crippen LogP contribution in [0.5, 0.6) is 0 Å². The van der Waals surface area contributed by atoms with E-state index in [0.29, 0.717) is 18.8 Å². The van der Waals surface area contributed by atoms with Crippen molar-refractivity contribution in [1.29, 1.82) is 0 Å². The second-order valence-corrected chi connectivity index (χ2v) is 8.27. The number of ether oxygens (including phenoxy) is 1. The Kier molecular flexibility index (Phi) is 7.22. The Labute approximate surface area is 142 Å². The van der Waals surface area contributed by atoms with Crippen LogP contribution in [0.25, 0.3) is 0 Å². The largest absolute Gasteiger partial charge is 0.395 e. The first kappa shape index (κ1) is 17.7. The highest BCUT2D eigenvalue weighted by Gasteiger charge is 2.26. The van der Waals surface area contributed by atoms with Gasteiger partial charge in [0.05, 0.1) is 19.3 Å². The van der Waals surface area contributed by atoms with Crippen molar-refractivity contribution in [2.45, 2.75) is 89.2 Å². The number of aliphatic hydroxyl groups is 1. The second kappa shape index (κ2) is 9.39. The van der Waals surface area contributed by atoms with Gasteiger partial charge in [-0.05, 0) is 63.3 Å². The van der Waals surface area contributed by atoms with Crippen molar-refractivity contribution in [3.05, 3.63) is 0 Å². The standard InChI is InChI=1S/C20H37NO2/c22-16-19-7-4-12-21(19)13-14-23-20-10-8-18(9-11-20)15-17-5-2-1-3-6-17/h17-20,22H,1-16H2. The lowest BCUT2D eigenvalue weighted by Crippen LogP contribution is -2.36. The quantitative estimate of drug-likeness (QED) is 0.769. The average Bonchev–Trinajstić information content (AvgIpc) is 3.05. The van der Waals surface area contributed by atoms with Gasteiger partial charge in [0.25, 0.3) is 0 Å². The molecule has 1 unspecified atom stereocenters. The molecular formula is C20H37NO2. The maximum absolute atomic E-state index is 9.37. The molecule has 2 aliphatic carbocycles. The number of hydrogen-bond donors (Lipinski definition) is 1. The van der Waals surface area contributed by atoms with Gasteiger partial charge in [-0.25, -0.2) is 0 Å². The average molecular weight is 324 g/mol. The normalized spacial score (nSPS) is 34.0. The molecule has 0 aromatic rings. The van der Waals surface area contributed by atoms with Crippen molar-refractivity contribution < 1.29 is 9.84 Å². The molecule has 2 saturated carbocycles. The van der Waals surface area contributed by atoms with Gasteiger partial charge in [0, 0.05) is 12.6 Å². The Bertz CT molecular complexity index is 322. The third-order valence-electron chi connectivity index (χ3n) is 6.63. The van der Waals surface area contributed by atoms with Crippen LogP contribution in [0.3, 0.4) is 0 Å². The van der Waals surface area contributed by atoms with Crippen LogP contribution in [0.1, 0.15) is 77.0 Å². The second-order valence-electron chi connectivity index (χ2n) is 8.27. The Morgan fingerprint density at radius 3 is 2.30 bits per heavy atom. The van der Waals surface area contributed by atoms with Crippen LogP contribution in [0.4, 0.5) is 0 Å². The monoisotopic (exact) mass is 323 g/mol. The van der Waals surface area contributed by atoms with E-state index in [0.717, 1.165) is 38.0 Å². The van der Waals surface area contributed by atoms with Crippen LogP contribution < -0.4 is 0 Å². The van der Waals surface area contributed by atoms with Gasteiger partial charge >= 0.3 is 0 Å². The summed E-state index contributed by atoms with van der Waals surface area (Å²) in [5.74, 6) is 2.02. The molecule has 23 heavy (non-hydrogen) atoms. The third kappa shape index (κ3) is 5.44. The molecule has 3 heteroatoms. The van der Waals surface area contributed by atoms with Gasteiger partial charge in [-0.2, -0.15) is 0 Å². The molecule has 1 saturated heterocycles. The molecule has 0 bridgehead atoms. The van der Waals surface area contributed by atoms with Crippen molar-refractivity contribution in [3.63, 3.8) is 0 Å². The zero-order valence-electron chi connectivity index (χ0n) is 14.9. The molecule has 3 aliphatic rings. The summed E-state index contributed by atoms with van der Waals surface area (Å²) in [4.78, 5) is 2.41. The van der Waals surface area contributed by atoms with Crippen molar-refractivity contribution in [1.82, 2.24) is 4.90 Å². The maximum atomic E-state index is 9.37. The van der Waals surface area contributed by atoms with Crippen LogP contribution in [-0.2, 0) is 4.74 Å². The third-order valence-corrected chi connectivity index (χ3v) is 6.63. The minimum Gasteiger partial charge on any atom is -0.395 e. The highest BCUT2D eigenvalue weighted by molar-refractivity contribution is 4.79. The highest BCUT2D eigenvalue weighted by atomic mass is 16.5. The van der Waals surface area contributed by atoms with Gasteiger partial charge in [0.15, 0.2) is 0 Å². The van der Waals surface area contributed by atoms with Gasteiger partial charge in [-0.3, -0.25) is 4.90 Å². The summed E-state index contributed by atoms with van der Waals surface area (Å²) in [5.41, 5.74) is 0. The smallest absolute Gasteiger partial charge is 0.0597 e. The van der Waals surface area contributed by atoms with E-state index in [4.69, 9.17) is 4.74 Å². The number of nitrogens with zero attached hydrogens (tertiary/aromatic N) is 1. The van der Waals surface area contributed by atoms with E-state index in [2.05, 4.69) is 4.90 Å². The van der Waals surface area contributed by atoms with Gasteiger partial charge in [0.1, 0.15) is 0 Å². The minimum atomic E-state index is 0.312. The summed E-state index contributed by atoms with van der Waals surface area (Å²) >= 11 is 0. The van der Waals surface area contributed by atoms with E-state index in [1.165, 1.54) is 70.6 Å². The summed E-state index contributed by atoms with van der Waals surface area (Å²) in [6.45, 7) is 3.32. The lowest BCUT2D eigenvalue weighted by molar-refractivity contribution is 0.000867. The molecule has 0 spiro atoms. The molecule has 3 fully saturated rings. The number of aliphatic hydroxyl groups excluding tert-OH is 1. The summed E-state index contributed by atoms with van der Waals surface area (Å²) in [6, 6.07) is 0.393. The van der Waals surface area contributed by atoms with Crippen LogP contribution in [0.2, 0.25) is 0 Å². The fraction of sp³-hybridized carbons (Fsp3) is 1.00. The summed E-state index contributed by atoms with van der Waals surface area (Å²) in [7, 11) is 0. The zero-order valence-corrected chi connectivity index (χ0v) is 14.9. The van der Waals surface area contributed by atoms with Crippen molar-refractivity contribution in [2.24, 2.45) is 11.8 Å². The topological polar surface area (TPSA) is 32.7 Å². The first-order valence-corrected chi connectivity index (χ1v) is 10.3. The molecule has 134 valence electrons. The van der Waals surface area contributed by atoms with Crippen LogP contribution in [0.15, 0.2) is 0 Å². The molecule has 0 aromatic heterocycles. The van der Waals surface area contributed by atoms with Gasteiger partial charge in [-0.15, -0.1) is 0 Å². The van der Waals surface area contributed by atoms with Crippen LogP contribution in [-0.4, -0.2) is 48.5 Å². The Balaban J connectivity index is 1.27. The number of rotatable bonds is 7. The van der Waals surface area contributed by atoms with E-state index >= 15 is 0 Å². The first-order valence-electron chi connectivity index (χ1n) is 10.3. The maximum Gasteiger partial charge on any atom is 0.0597 e. The van der Waals surface area contributed by atoms with E-state index in [1.807, 2.05) is 0 Å². The van der Waals surface area contributed by atoms with Crippen molar-refractivity contribution in [3.8, 4) is 0 Å². The van der Waals surface area contributed by atoms with E-state index in [9.17, 15) is 5.11 Å². The fourth-order valence-electron chi connectivity index (χ4n) is 5.16. The van der Waals surface area contributed by atoms with E-state index in [-0.39, 0.29) is 0 Å². The molecule has 3 rings (SSSR count). The Hall–Kier alpha value is -0.120. The van der Waals surface area contributed by atoms with Gasteiger partial charge < -0.3 is 9.84 Å². The summed E-state index contributed by atoms with van der Waals surface area (Å²) < 4.78 is 6.15. The molecular weight excluding hydrogens is 286 g/mol. The first-order chi connectivity index (χ1) is 11.3. The molecule has 0 aromatic carbocycles. The molecule has 1 atom stereocenters. The number of hydrogen-bond acceptors (Lipinski definition) is 3. The van der Waals surface area contributed by atoms with E-state index in [1.54, 1.807) is 0 Å². The van der Waals surface area contributed by atoms with Crippen molar-refractivity contribution in [2.75, 3.05) is 26.3 Å². The van der Waals surface area contributed by atoms with Crippen LogP contribution >= 0.6 is 0 Å². The summed E-state index contributed by atoms with van der Waals surface area (Å²) in [5, 5.41) is 9.37. The highest BCUT2D eigenvalue weighted by Crippen LogP contribution is 2.35. The SMILES string of the molecule is OCC1CCCN1CCOC1CCC(CC2CCCCC2)CC1. The Morgan fingerprint density at radius 2 is 1.57 bits per heavy atom. The lowest BCUT2D eigenvalue weighted by Gasteiger charge is -2.32. The predicted molar refractivity (Wildman–Crippen MR) is 94.6 cm³/mol. The van der Waals surface area contributed by atoms with Crippen molar-refractivity contribution >= 4 is 0 Å². The molecule has 3 nitrogen and oxygen atoms in total. The van der Waals surface area contributed by atoms with Crippen LogP contribution in [0, 0.1) is 11.8 Å². The zero-order chi connectivity index (χ0) is 15.9. The van der Waals surface area contributed by atoms with Gasteiger partial charge in [-0.1, -0.05) is 32.1 Å². The van der Waals surface area contributed by atoms with Gasteiger partial charge in [0.2, 0.25) is 0 Å². The molecule has 0 radical (unpaired) electrons. The number of likely N-dealkylation sites (tertiary alicyclic amines) is 1. The fourth-order valence-corrected chi connectivity index (χ4v) is 5.16. The molecule has 0 amide bonds. The predicted octanol–water partition coefficient (Wildman–Crippen LogP) is 3.99. The molecule has 1 N–H and O–H groups in total. The lowest BCUT2D eigenvalue weighted by atomic mass is 9.77. The minimum absolute atomic E-state index is 0.312. The molecule has 1 heterocycles. The summed E-state index contributed by atoms with van der Waals surface area (Å²) in [6.07, 6.45) is 17.2. The van der Waals surface area contributed by atoms with E-state index < -0.39 is 0 Å². The molecule has 1 aliphatic heterocycles.